The predicted octanol–water partition coefficient (Wildman–Crippen LogP) is 3.88. The molecule has 5 heteroatoms. The topological polar surface area (TPSA) is 44.3 Å². The Bertz CT molecular complexity index is 1010. The Balaban J connectivity index is 1.28. The first kappa shape index (κ1) is 20.2. The zero-order valence-electron chi connectivity index (χ0n) is 18.3. The van der Waals surface area contributed by atoms with Crippen molar-refractivity contribution in [2.24, 2.45) is 0 Å². The van der Waals surface area contributed by atoms with Crippen LogP contribution in [0.2, 0.25) is 0 Å². The number of aromatic nitrogens is 2. The van der Waals surface area contributed by atoms with E-state index in [1.165, 1.54) is 48.4 Å². The van der Waals surface area contributed by atoms with Crippen molar-refractivity contribution in [3.63, 3.8) is 0 Å². The van der Waals surface area contributed by atoms with Gasteiger partial charge in [0.2, 0.25) is 5.95 Å². The summed E-state index contributed by atoms with van der Waals surface area (Å²) >= 11 is 0. The van der Waals surface area contributed by atoms with Gasteiger partial charge >= 0.3 is 0 Å². The molecule has 2 heterocycles. The molecular weight excluding hydrogens is 382 g/mol. The smallest absolute Gasteiger partial charge is 0.223 e. The molecule has 0 spiro atoms. The van der Waals surface area contributed by atoms with Crippen molar-refractivity contribution in [1.82, 2.24) is 19.8 Å². The highest BCUT2D eigenvalue weighted by Gasteiger charge is 2.27. The Morgan fingerprint density at radius 1 is 0.968 bits per heavy atom. The molecule has 5 nitrogen and oxygen atoms in total. The molecule has 0 bridgehead atoms. The zero-order chi connectivity index (χ0) is 21.0. The number of hydrogen-bond acceptors (Lipinski definition) is 5. The average Bonchev–Trinajstić information content (AvgIpc) is 2.83. The number of fused-ring (bicyclic) bond motifs is 3. The van der Waals surface area contributed by atoms with E-state index in [4.69, 9.17) is 4.98 Å². The normalized spacial score (nSPS) is 18.9. The molecule has 3 aromatic rings. The van der Waals surface area contributed by atoms with Gasteiger partial charge in [0.25, 0.3) is 0 Å². The monoisotopic (exact) mass is 413 g/mol. The summed E-state index contributed by atoms with van der Waals surface area (Å²) in [5.74, 6) is 1.10. The quantitative estimate of drug-likeness (QED) is 0.622. The van der Waals surface area contributed by atoms with Crippen LogP contribution in [0.5, 0.6) is 0 Å². The summed E-state index contributed by atoms with van der Waals surface area (Å²) in [5, 5.41) is 3.46. The molecule has 1 N–H and O–H groups in total. The van der Waals surface area contributed by atoms with Gasteiger partial charge in [0.15, 0.2) is 0 Å². The van der Waals surface area contributed by atoms with Gasteiger partial charge in [0.05, 0.1) is 5.69 Å². The van der Waals surface area contributed by atoms with Crippen LogP contribution in [-0.4, -0.2) is 66.1 Å². The average molecular weight is 414 g/mol. The first-order valence-corrected chi connectivity index (χ1v) is 11.4. The zero-order valence-corrected chi connectivity index (χ0v) is 18.3. The third-order valence-corrected chi connectivity index (χ3v) is 6.61. The van der Waals surface area contributed by atoms with Crippen molar-refractivity contribution in [3.8, 4) is 11.3 Å². The Morgan fingerprint density at radius 2 is 1.74 bits per heavy atom. The van der Waals surface area contributed by atoms with Crippen LogP contribution in [0.15, 0.2) is 60.8 Å². The highest BCUT2D eigenvalue weighted by molar-refractivity contribution is 5.72. The lowest BCUT2D eigenvalue weighted by Crippen LogP contribution is -2.44. The van der Waals surface area contributed by atoms with Gasteiger partial charge in [-0.25, -0.2) is 9.97 Å². The number of piperazine rings is 1. The molecule has 1 aliphatic carbocycles. The first-order valence-electron chi connectivity index (χ1n) is 11.4. The summed E-state index contributed by atoms with van der Waals surface area (Å²) in [4.78, 5) is 14.5. The SMILES string of the molecule is CN1CCN(CCCNc2ncc3c(n2)-c2ccccc2C(c2ccccc2)C3)CC1. The van der Waals surface area contributed by atoms with Crippen molar-refractivity contribution in [2.75, 3.05) is 51.6 Å². The molecule has 0 saturated carbocycles. The molecule has 1 unspecified atom stereocenters. The highest BCUT2D eigenvalue weighted by atomic mass is 15.2. The van der Waals surface area contributed by atoms with E-state index in [2.05, 4.69) is 81.7 Å². The number of rotatable bonds is 6. The molecule has 5 rings (SSSR count). The lowest BCUT2D eigenvalue weighted by molar-refractivity contribution is 0.154. The van der Waals surface area contributed by atoms with E-state index in [1.807, 2.05) is 6.20 Å². The van der Waals surface area contributed by atoms with Crippen LogP contribution in [-0.2, 0) is 6.42 Å². The van der Waals surface area contributed by atoms with Crippen LogP contribution >= 0.6 is 0 Å². The lowest BCUT2D eigenvalue weighted by Gasteiger charge is -2.32. The lowest BCUT2D eigenvalue weighted by atomic mass is 9.78. The van der Waals surface area contributed by atoms with Crippen LogP contribution in [0.3, 0.4) is 0 Å². The molecule has 0 radical (unpaired) electrons. The third kappa shape index (κ3) is 4.48. The van der Waals surface area contributed by atoms with Crippen molar-refractivity contribution in [3.05, 3.63) is 77.5 Å². The molecule has 1 atom stereocenters. The Morgan fingerprint density at radius 3 is 2.58 bits per heavy atom. The van der Waals surface area contributed by atoms with E-state index in [9.17, 15) is 0 Å². The second-order valence-electron chi connectivity index (χ2n) is 8.75. The maximum atomic E-state index is 4.93. The summed E-state index contributed by atoms with van der Waals surface area (Å²) in [7, 11) is 2.20. The molecule has 2 aromatic carbocycles. The van der Waals surface area contributed by atoms with Gasteiger partial charge in [-0.15, -0.1) is 0 Å². The second-order valence-corrected chi connectivity index (χ2v) is 8.75. The molecule has 1 fully saturated rings. The molecule has 1 aliphatic heterocycles. The molecule has 1 aromatic heterocycles. The van der Waals surface area contributed by atoms with E-state index < -0.39 is 0 Å². The number of benzene rings is 2. The highest BCUT2D eigenvalue weighted by Crippen LogP contribution is 2.41. The van der Waals surface area contributed by atoms with Gasteiger partial charge in [0.1, 0.15) is 0 Å². The largest absolute Gasteiger partial charge is 0.354 e. The molecular formula is C26H31N5. The fourth-order valence-electron chi connectivity index (χ4n) is 4.78. The Labute approximate surface area is 185 Å². The summed E-state index contributed by atoms with van der Waals surface area (Å²) < 4.78 is 0. The number of hydrogen-bond donors (Lipinski definition) is 1. The van der Waals surface area contributed by atoms with E-state index in [0.29, 0.717) is 5.92 Å². The van der Waals surface area contributed by atoms with Crippen LogP contribution in [0.4, 0.5) is 5.95 Å². The summed E-state index contributed by atoms with van der Waals surface area (Å²) in [6.45, 7) is 6.72. The van der Waals surface area contributed by atoms with Crippen molar-refractivity contribution in [2.45, 2.75) is 18.8 Å². The maximum absolute atomic E-state index is 4.93. The number of anilines is 1. The summed E-state index contributed by atoms with van der Waals surface area (Å²) in [5.41, 5.74) is 6.27. The fourth-order valence-corrected chi connectivity index (χ4v) is 4.78. The first-order chi connectivity index (χ1) is 15.3. The van der Waals surface area contributed by atoms with E-state index >= 15 is 0 Å². The van der Waals surface area contributed by atoms with Crippen LogP contribution in [0, 0.1) is 0 Å². The predicted molar refractivity (Wildman–Crippen MR) is 127 cm³/mol. The molecule has 2 aliphatic rings. The van der Waals surface area contributed by atoms with Crippen molar-refractivity contribution in [1.29, 1.82) is 0 Å². The van der Waals surface area contributed by atoms with Crippen molar-refractivity contribution < 1.29 is 0 Å². The number of nitrogens with one attached hydrogen (secondary N) is 1. The summed E-state index contributed by atoms with van der Waals surface area (Å²) in [6.07, 6.45) is 4.08. The second kappa shape index (κ2) is 9.16. The van der Waals surface area contributed by atoms with E-state index in [0.717, 1.165) is 37.6 Å². The maximum Gasteiger partial charge on any atom is 0.223 e. The molecule has 1 saturated heterocycles. The van der Waals surface area contributed by atoms with Gasteiger partial charge in [-0.3, -0.25) is 0 Å². The standard InChI is InChI=1S/C26H31N5/c1-30-14-16-31(17-15-30)13-7-12-27-26-28-19-21-18-24(20-8-3-2-4-9-20)22-10-5-6-11-23(22)25(21)29-26/h2-6,8-11,19,24H,7,12-18H2,1H3,(H,27,28,29). The van der Waals surface area contributed by atoms with Crippen LogP contribution < -0.4 is 5.32 Å². The molecule has 160 valence electrons. The minimum absolute atomic E-state index is 0.357. The fraction of sp³-hybridized carbons (Fsp3) is 0.385. The van der Waals surface area contributed by atoms with Crippen LogP contribution in [0.1, 0.15) is 29.0 Å². The van der Waals surface area contributed by atoms with Crippen LogP contribution in [0.25, 0.3) is 11.3 Å². The van der Waals surface area contributed by atoms with Gasteiger partial charge in [-0.05, 0) is 43.1 Å². The molecule has 0 amide bonds. The third-order valence-electron chi connectivity index (χ3n) is 6.61. The van der Waals surface area contributed by atoms with Gasteiger partial charge in [-0.1, -0.05) is 54.6 Å². The molecule has 31 heavy (non-hydrogen) atoms. The van der Waals surface area contributed by atoms with E-state index in [1.54, 1.807) is 0 Å². The van der Waals surface area contributed by atoms with Crippen molar-refractivity contribution >= 4 is 5.95 Å². The number of likely N-dealkylation sites (N-methyl/N-ethyl adjacent to an activating group) is 1. The Kier molecular flexibility index (Phi) is 5.96. The van der Waals surface area contributed by atoms with Gasteiger partial charge in [-0.2, -0.15) is 0 Å². The van der Waals surface area contributed by atoms with E-state index in [-0.39, 0.29) is 0 Å². The minimum atomic E-state index is 0.357. The summed E-state index contributed by atoms with van der Waals surface area (Å²) in [6, 6.07) is 19.5. The van der Waals surface area contributed by atoms with Gasteiger partial charge < -0.3 is 15.1 Å². The number of nitrogens with zero attached hydrogens (tertiary/aromatic N) is 4. The Hall–Kier alpha value is -2.76. The van der Waals surface area contributed by atoms with Gasteiger partial charge in [0, 0.05) is 50.4 Å². The minimum Gasteiger partial charge on any atom is -0.354 e.